The van der Waals surface area contributed by atoms with Crippen LogP contribution in [0.1, 0.15) is 30.7 Å². The third-order valence-electron chi connectivity index (χ3n) is 5.86. The minimum atomic E-state index is -1.76. The van der Waals surface area contributed by atoms with Gasteiger partial charge in [0.2, 0.25) is 11.8 Å². The van der Waals surface area contributed by atoms with Gasteiger partial charge in [0.25, 0.3) is 5.56 Å². The molecule has 0 saturated carbocycles. The van der Waals surface area contributed by atoms with Gasteiger partial charge in [-0.3, -0.25) is 9.59 Å². The predicted octanol–water partition coefficient (Wildman–Crippen LogP) is 1.47. The Bertz CT molecular complexity index is 1190. The second-order valence-electron chi connectivity index (χ2n) is 7.76. The number of nitrogens with zero attached hydrogens (tertiary/aromatic N) is 2. The van der Waals surface area contributed by atoms with E-state index in [1.54, 1.807) is 49.2 Å². The number of para-hydroxylation sites is 1. The molecule has 2 aliphatic heterocycles. The summed E-state index contributed by atoms with van der Waals surface area (Å²) in [5.41, 5.74) is 5.61. The van der Waals surface area contributed by atoms with E-state index in [1.165, 1.54) is 11.7 Å². The molecular weight excluding hydrogens is 386 g/mol. The van der Waals surface area contributed by atoms with E-state index in [2.05, 4.69) is 0 Å². The Morgan fingerprint density at radius 1 is 1.23 bits per heavy atom. The third kappa shape index (κ3) is 2.24. The molecule has 0 saturated heterocycles. The lowest BCUT2D eigenvalue weighted by molar-refractivity contribution is -0.138. The quantitative estimate of drug-likeness (QED) is 0.754. The van der Waals surface area contributed by atoms with E-state index in [9.17, 15) is 14.4 Å². The topological polar surface area (TPSA) is 104 Å². The Morgan fingerprint density at radius 3 is 2.53 bits per heavy atom. The highest BCUT2D eigenvalue weighted by atomic mass is 16.5. The number of nitrogens with two attached hydrogens (primary N) is 1. The number of carbonyl (C=O) groups is 2. The lowest BCUT2D eigenvalue weighted by Crippen LogP contribution is -2.52. The van der Waals surface area contributed by atoms with Gasteiger partial charge in [-0.05, 0) is 26.8 Å². The summed E-state index contributed by atoms with van der Waals surface area (Å²) in [6.07, 6.45) is 0. The number of aryl methyl sites for hydroxylation is 1. The maximum Gasteiger partial charge on any atom is 0.340 e. The number of esters is 1. The summed E-state index contributed by atoms with van der Waals surface area (Å²) < 4.78 is 12.1. The number of benzene rings is 1. The van der Waals surface area contributed by atoms with Crippen molar-refractivity contribution in [3.8, 4) is 5.75 Å². The number of amides is 1. The minimum absolute atomic E-state index is 0.0609. The van der Waals surface area contributed by atoms with Crippen LogP contribution in [-0.2, 0) is 26.8 Å². The molecule has 0 unspecified atom stereocenters. The van der Waals surface area contributed by atoms with Crippen molar-refractivity contribution in [2.45, 2.75) is 32.2 Å². The number of hydrogen-bond donors (Lipinski definition) is 1. The largest absolute Gasteiger partial charge is 0.465 e. The Morgan fingerprint density at radius 2 is 1.90 bits per heavy atom. The van der Waals surface area contributed by atoms with Crippen molar-refractivity contribution in [2.24, 2.45) is 12.8 Å². The van der Waals surface area contributed by atoms with Gasteiger partial charge in [0.05, 0.1) is 12.7 Å². The molecule has 1 aromatic carbocycles. The van der Waals surface area contributed by atoms with Crippen molar-refractivity contribution >= 4 is 17.6 Å². The molecule has 1 aromatic heterocycles. The van der Waals surface area contributed by atoms with Crippen molar-refractivity contribution in [3.05, 3.63) is 69.0 Å². The molecule has 8 heteroatoms. The summed E-state index contributed by atoms with van der Waals surface area (Å²) in [5.74, 6) is -1.35. The minimum Gasteiger partial charge on any atom is -0.465 e. The predicted molar refractivity (Wildman–Crippen MR) is 110 cm³/mol. The smallest absolute Gasteiger partial charge is 0.340 e. The zero-order chi connectivity index (χ0) is 22.0. The standard InChI is InChI=1S/C22H23N3O5/c1-11(2)25-14-9-7-6-8-13(14)22(21(25)28)16-15(10-12(3)24(4)19(16)26)30-18(23)17(22)20(27)29-5/h6-11H,23H2,1-5H3/t22-/m0/s1. The van der Waals surface area contributed by atoms with Crippen LogP contribution in [0.2, 0.25) is 0 Å². The Hall–Kier alpha value is -3.55. The summed E-state index contributed by atoms with van der Waals surface area (Å²) in [7, 11) is 2.81. The van der Waals surface area contributed by atoms with Gasteiger partial charge in [-0.1, -0.05) is 18.2 Å². The van der Waals surface area contributed by atoms with Crippen molar-refractivity contribution in [2.75, 3.05) is 12.0 Å². The highest BCUT2D eigenvalue weighted by Crippen LogP contribution is 2.54. The Balaban J connectivity index is 2.24. The van der Waals surface area contributed by atoms with Gasteiger partial charge >= 0.3 is 5.97 Å². The first-order valence-electron chi connectivity index (χ1n) is 9.58. The molecule has 30 heavy (non-hydrogen) atoms. The van der Waals surface area contributed by atoms with Crippen LogP contribution >= 0.6 is 0 Å². The number of aromatic nitrogens is 1. The number of fused-ring (bicyclic) bond motifs is 4. The van der Waals surface area contributed by atoms with Crippen LogP contribution < -0.4 is 20.9 Å². The normalized spacial score (nSPS) is 19.8. The molecule has 0 radical (unpaired) electrons. The highest BCUT2D eigenvalue weighted by Gasteiger charge is 2.62. The van der Waals surface area contributed by atoms with Crippen LogP contribution in [0.15, 0.2) is 46.6 Å². The van der Waals surface area contributed by atoms with Crippen molar-refractivity contribution in [1.29, 1.82) is 0 Å². The molecule has 3 heterocycles. The summed E-state index contributed by atoms with van der Waals surface area (Å²) >= 11 is 0. The maximum atomic E-state index is 14.1. The highest BCUT2D eigenvalue weighted by molar-refractivity contribution is 6.18. The number of methoxy groups -OCH3 is 1. The summed E-state index contributed by atoms with van der Waals surface area (Å²) in [6, 6.07) is 8.52. The molecule has 8 nitrogen and oxygen atoms in total. The average Bonchev–Trinajstić information content (AvgIpc) is 2.95. The van der Waals surface area contributed by atoms with E-state index in [4.69, 9.17) is 15.2 Å². The zero-order valence-corrected chi connectivity index (χ0v) is 17.5. The maximum absolute atomic E-state index is 14.1. The number of ether oxygens (including phenoxy) is 2. The second kappa shape index (κ2) is 6.48. The number of anilines is 1. The van der Waals surface area contributed by atoms with Crippen LogP contribution in [0, 0.1) is 6.92 Å². The summed E-state index contributed by atoms with van der Waals surface area (Å²) in [5, 5.41) is 0. The summed E-state index contributed by atoms with van der Waals surface area (Å²) in [6.45, 7) is 5.48. The van der Waals surface area contributed by atoms with Crippen LogP contribution in [0.3, 0.4) is 0 Å². The van der Waals surface area contributed by atoms with Crippen LogP contribution in [0.25, 0.3) is 0 Å². The van der Waals surface area contributed by atoms with Crippen molar-refractivity contribution in [3.63, 3.8) is 0 Å². The lowest BCUT2D eigenvalue weighted by atomic mass is 9.68. The van der Waals surface area contributed by atoms with E-state index >= 15 is 0 Å². The van der Waals surface area contributed by atoms with Crippen LogP contribution in [-0.4, -0.2) is 29.6 Å². The van der Waals surface area contributed by atoms with Gasteiger partial charge in [-0.15, -0.1) is 0 Å². The van der Waals surface area contributed by atoms with E-state index in [0.717, 1.165) is 0 Å². The lowest BCUT2D eigenvalue weighted by Gasteiger charge is -2.36. The third-order valence-corrected chi connectivity index (χ3v) is 5.86. The fourth-order valence-corrected chi connectivity index (χ4v) is 4.45. The number of carbonyl (C=O) groups excluding carboxylic acids is 2. The molecule has 1 amide bonds. The fourth-order valence-electron chi connectivity index (χ4n) is 4.45. The molecule has 0 bridgehead atoms. The second-order valence-corrected chi connectivity index (χ2v) is 7.76. The van der Waals surface area contributed by atoms with Gasteiger partial charge in [0, 0.05) is 36.1 Å². The molecule has 0 aliphatic carbocycles. The molecule has 1 atom stereocenters. The van der Waals surface area contributed by atoms with Gasteiger partial charge in [0.1, 0.15) is 16.7 Å². The van der Waals surface area contributed by atoms with E-state index in [0.29, 0.717) is 16.9 Å². The molecule has 2 aromatic rings. The van der Waals surface area contributed by atoms with Crippen molar-refractivity contribution in [1.82, 2.24) is 4.57 Å². The fraction of sp³-hybridized carbons (Fsp3) is 0.318. The molecule has 2 N–H and O–H groups in total. The Kier molecular flexibility index (Phi) is 4.27. The molecule has 0 fully saturated rings. The van der Waals surface area contributed by atoms with Gasteiger partial charge < -0.3 is 24.7 Å². The molecule has 156 valence electrons. The SMILES string of the molecule is COC(=O)C1=C(N)Oc2cc(C)n(C)c(=O)c2[C@]12C(=O)N(C(C)C)c1ccccc12. The van der Waals surface area contributed by atoms with E-state index in [-0.39, 0.29) is 28.8 Å². The number of hydrogen-bond acceptors (Lipinski definition) is 6. The number of rotatable bonds is 2. The van der Waals surface area contributed by atoms with Gasteiger partial charge in [-0.25, -0.2) is 4.79 Å². The first-order chi connectivity index (χ1) is 14.2. The molecule has 4 rings (SSSR count). The van der Waals surface area contributed by atoms with Gasteiger partial charge in [-0.2, -0.15) is 0 Å². The number of pyridine rings is 1. The molecule has 1 spiro atoms. The average molecular weight is 409 g/mol. The first kappa shape index (κ1) is 19.8. The van der Waals surface area contributed by atoms with Crippen molar-refractivity contribution < 1.29 is 19.1 Å². The van der Waals surface area contributed by atoms with Crippen LogP contribution in [0.4, 0.5) is 5.69 Å². The molecular formula is C22H23N3O5. The van der Waals surface area contributed by atoms with E-state index < -0.39 is 22.9 Å². The van der Waals surface area contributed by atoms with Crippen LogP contribution in [0.5, 0.6) is 5.75 Å². The first-order valence-corrected chi connectivity index (χ1v) is 9.58. The zero-order valence-electron chi connectivity index (χ0n) is 17.5. The summed E-state index contributed by atoms with van der Waals surface area (Å²) in [4.78, 5) is 42.1. The molecule has 2 aliphatic rings. The van der Waals surface area contributed by atoms with E-state index in [1.807, 2.05) is 13.8 Å². The monoisotopic (exact) mass is 409 g/mol. The Labute approximate surface area is 173 Å². The van der Waals surface area contributed by atoms with Gasteiger partial charge in [0.15, 0.2) is 0 Å².